The molecule has 1 fully saturated rings. The molecular weight excluding hydrogens is 436 g/mol. The summed E-state index contributed by atoms with van der Waals surface area (Å²) < 4.78 is 0. The minimum absolute atomic E-state index is 0.00113. The van der Waals surface area contributed by atoms with E-state index >= 15 is 0 Å². The molecule has 0 aromatic carbocycles. The first-order valence-corrected chi connectivity index (χ1v) is 10.8. The van der Waals surface area contributed by atoms with Crippen LogP contribution in [-0.2, 0) is 28.8 Å². The molecule has 0 aromatic heterocycles. The van der Waals surface area contributed by atoms with Gasteiger partial charge in [-0.25, -0.2) is 4.79 Å². The first-order chi connectivity index (χ1) is 15.3. The summed E-state index contributed by atoms with van der Waals surface area (Å²) in [7, 11) is 0. The van der Waals surface area contributed by atoms with E-state index in [1.54, 1.807) is 13.8 Å². The minimum atomic E-state index is -1.20. The van der Waals surface area contributed by atoms with Crippen molar-refractivity contribution in [1.29, 1.82) is 0 Å². The highest BCUT2D eigenvalue weighted by atomic mass is 16.4. The quantitative estimate of drug-likeness (QED) is 0.169. The fourth-order valence-corrected chi connectivity index (χ4v) is 3.52. The normalized spacial score (nSPS) is 18.3. The van der Waals surface area contributed by atoms with E-state index in [0.717, 1.165) is 4.90 Å². The molecule has 9 N–H and O–H groups in total. The number of nitrogens with one attached hydrogen (secondary N) is 2. The zero-order valence-corrected chi connectivity index (χ0v) is 18.9. The molecule has 1 aliphatic rings. The lowest BCUT2D eigenvalue weighted by Crippen LogP contribution is -2.58. The topological polar surface area (TPSA) is 228 Å². The van der Waals surface area contributed by atoms with Crippen molar-refractivity contribution in [1.82, 2.24) is 15.5 Å². The van der Waals surface area contributed by atoms with Gasteiger partial charge < -0.3 is 37.8 Å². The highest BCUT2D eigenvalue weighted by Gasteiger charge is 2.38. The van der Waals surface area contributed by atoms with Crippen LogP contribution in [0.5, 0.6) is 0 Å². The Morgan fingerprint density at radius 2 is 1.55 bits per heavy atom. The molecule has 5 amide bonds. The van der Waals surface area contributed by atoms with Crippen LogP contribution in [0.3, 0.4) is 0 Å². The van der Waals surface area contributed by atoms with E-state index in [1.165, 1.54) is 0 Å². The van der Waals surface area contributed by atoms with Crippen LogP contribution in [0.25, 0.3) is 0 Å². The number of nitrogens with zero attached hydrogens (tertiary/aromatic N) is 1. The van der Waals surface area contributed by atoms with Gasteiger partial charge in [-0.3, -0.25) is 24.0 Å². The number of likely N-dealkylation sites (tertiary alicyclic amines) is 1. The fraction of sp³-hybridized carbons (Fsp3) is 0.700. The van der Waals surface area contributed by atoms with E-state index in [2.05, 4.69) is 10.6 Å². The predicted molar refractivity (Wildman–Crippen MR) is 116 cm³/mol. The van der Waals surface area contributed by atoms with Crippen LogP contribution in [0, 0.1) is 5.92 Å². The largest absolute Gasteiger partial charge is 0.480 e. The van der Waals surface area contributed by atoms with Crippen molar-refractivity contribution in [3.63, 3.8) is 0 Å². The Labute approximate surface area is 191 Å². The third-order valence-corrected chi connectivity index (χ3v) is 5.40. The number of nitrogens with two attached hydrogens (primary N) is 3. The van der Waals surface area contributed by atoms with Crippen LogP contribution < -0.4 is 27.8 Å². The Bertz CT molecular complexity index is 772. The summed E-state index contributed by atoms with van der Waals surface area (Å²) in [4.78, 5) is 73.1. The predicted octanol–water partition coefficient (Wildman–Crippen LogP) is -2.45. The van der Waals surface area contributed by atoms with Crippen molar-refractivity contribution in [3.8, 4) is 0 Å². The van der Waals surface area contributed by atoms with Gasteiger partial charge >= 0.3 is 5.97 Å². The van der Waals surface area contributed by atoms with Crippen LogP contribution in [0.2, 0.25) is 0 Å². The van der Waals surface area contributed by atoms with Crippen molar-refractivity contribution < 1.29 is 33.9 Å². The average Bonchev–Trinajstić information content (AvgIpc) is 3.22. The molecule has 1 heterocycles. The van der Waals surface area contributed by atoms with Crippen molar-refractivity contribution in [2.45, 2.75) is 76.5 Å². The molecule has 0 aliphatic carbocycles. The molecule has 1 aliphatic heterocycles. The van der Waals surface area contributed by atoms with Crippen molar-refractivity contribution in [2.24, 2.45) is 23.1 Å². The Hall–Kier alpha value is -3.22. The smallest absolute Gasteiger partial charge is 0.326 e. The number of carbonyl (C=O) groups excluding carboxylic acids is 5. The van der Waals surface area contributed by atoms with Gasteiger partial charge in [0.2, 0.25) is 29.5 Å². The van der Waals surface area contributed by atoms with Crippen LogP contribution in [0.4, 0.5) is 0 Å². The van der Waals surface area contributed by atoms with Gasteiger partial charge in [0.05, 0.1) is 6.04 Å². The van der Waals surface area contributed by atoms with Crippen molar-refractivity contribution >= 4 is 35.5 Å². The highest BCUT2D eigenvalue weighted by Crippen LogP contribution is 2.20. The number of hydrogen-bond acceptors (Lipinski definition) is 7. The molecule has 1 rings (SSSR count). The molecule has 13 nitrogen and oxygen atoms in total. The Kier molecular flexibility index (Phi) is 10.7. The van der Waals surface area contributed by atoms with E-state index in [4.69, 9.17) is 17.2 Å². The molecule has 4 unspecified atom stereocenters. The van der Waals surface area contributed by atoms with Gasteiger partial charge in [-0.15, -0.1) is 0 Å². The maximum Gasteiger partial charge on any atom is 0.326 e. The van der Waals surface area contributed by atoms with Gasteiger partial charge in [-0.2, -0.15) is 0 Å². The summed E-state index contributed by atoms with van der Waals surface area (Å²) in [6, 6.07) is -4.37. The molecule has 0 radical (unpaired) electrons. The molecule has 0 spiro atoms. The van der Waals surface area contributed by atoms with Gasteiger partial charge in [0.25, 0.3) is 0 Å². The van der Waals surface area contributed by atoms with Gasteiger partial charge in [-0.05, 0) is 31.6 Å². The summed E-state index contributed by atoms with van der Waals surface area (Å²) >= 11 is 0. The van der Waals surface area contributed by atoms with E-state index in [0.29, 0.717) is 6.42 Å². The molecule has 4 atom stereocenters. The molecule has 0 bridgehead atoms. The number of aliphatic carboxylic acids is 1. The Balaban J connectivity index is 2.96. The second-order valence-electron chi connectivity index (χ2n) is 8.44. The van der Waals surface area contributed by atoms with Crippen LogP contribution in [0.15, 0.2) is 0 Å². The first-order valence-electron chi connectivity index (χ1n) is 10.8. The van der Waals surface area contributed by atoms with Gasteiger partial charge in [-0.1, -0.05) is 13.8 Å². The van der Waals surface area contributed by atoms with E-state index in [1.807, 2.05) is 0 Å². The Morgan fingerprint density at radius 3 is 2.06 bits per heavy atom. The standard InChI is InChI=1S/C20H34N6O7/c1-10(2)16(25-17(29)11(21)5-7-14(22)27)18(30)24-12(6-8-15(23)28)19(31)26-9-3-4-13(26)20(32)33/h10-13,16H,3-9,21H2,1-2H3,(H2,22,27)(H2,23,28)(H,24,30)(H,25,29)(H,32,33). The monoisotopic (exact) mass is 470 g/mol. The summed E-state index contributed by atoms with van der Waals surface area (Å²) in [6.07, 6.45) is 0.341. The second kappa shape index (κ2) is 12.7. The number of primary amides is 2. The number of amides is 5. The average molecular weight is 471 g/mol. The third kappa shape index (κ3) is 8.67. The molecule has 0 saturated carbocycles. The summed E-state index contributed by atoms with van der Waals surface area (Å²) in [5.74, 6) is -4.87. The van der Waals surface area contributed by atoms with Gasteiger partial charge in [0.15, 0.2) is 0 Å². The fourth-order valence-electron chi connectivity index (χ4n) is 3.52. The summed E-state index contributed by atoms with van der Waals surface area (Å²) in [6.45, 7) is 3.54. The van der Waals surface area contributed by atoms with Crippen molar-refractivity contribution in [3.05, 3.63) is 0 Å². The third-order valence-electron chi connectivity index (χ3n) is 5.40. The number of carboxylic acid groups (broad SMARTS) is 1. The molecule has 1 saturated heterocycles. The maximum absolute atomic E-state index is 13.0. The second-order valence-corrected chi connectivity index (χ2v) is 8.44. The van der Waals surface area contributed by atoms with Gasteiger partial charge in [0, 0.05) is 19.4 Å². The summed E-state index contributed by atoms with van der Waals surface area (Å²) in [5, 5.41) is 14.4. The molecule has 13 heteroatoms. The van der Waals surface area contributed by atoms with E-state index < -0.39 is 65.6 Å². The van der Waals surface area contributed by atoms with E-state index in [-0.39, 0.29) is 38.6 Å². The molecule has 0 aromatic rings. The van der Waals surface area contributed by atoms with Crippen molar-refractivity contribution in [2.75, 3.05) is 6.54 Å². The maximum atomic E-state index is 13.0. The zero-order valence-electron chi connectivity index (χ0n) is 18.9. The highest BCUT2D eigenvalue weighted by molar-refractivity contribution is 5.94. The lowest BCUT2D eigenvalue weighted by atomic mass is 10.0. The van der Waals surface area contributed by atoms with Crippen LogP contribution >= 0.6 is 0 Å². The molecular formula is C20H34N6O7. The van der Waals surface area contributed by atoms with Crippen LogP contribution in [0.1, 0.15) is 52.4 Å². The number of carboxylic acids is 1. The first kappa shape index (κ1) is 27.8. The minimum Gasteiger partial charge on any atom is -0.480 e. The SMILES string of the molecule is CC(C)C(NC(=O)C(N)CCC(N)=O)C(=O)NC(CCC(N)=O)C(=O)N1CCCC1C(=O)O. The van der Waals surface area contributed by atoms with Gasteiger partial charge in [0.1, 0.15) is 18.1 Å². The number of hydrogen-bond donors (Lipinski definition) is 6. The zero-order chi connectivity index (χ0) is 25.3. The van der Waals surface area contributed by atoms with Crippen LogP contribution in [-0.4, -0.2) is 76.2 Å². The lowest BCUT2D eigenvalue weighted by Gasteiger charge is -2.29. The summed E-state index contributed by atoms with van der Waals surface area (Å²) in [5.41, 5.74) is 16.0. The Morgan fingerprint density at radius 1 is 0.970 bits per heavy atom. The molecule has 186 valence electrons. The van der Waals surface area contributed by atoms with E-state index in [9.17, 15) is 33.9 Å². The number of carbonyl (C=O) groups is 6. The lowest BCUT2D eigenvalue weighted by molar-refractivity contribution is -0.149. The number of rotatable bonds is 13. The molecule has 33 heavy (non-hydrogen) atoms.